The molecule has 0 radical (unpaired) electrons. The van der Waals surface area contributed by atoms with Gasteiger partial charge in [0.2, 0.25) is 21.8 Å². The average molecular weight is 539 g/mol. The van der Waals surface area contributed by atoms with Gasteiger partial charge in [-0.3, -0.25) is 14.5 Å². The molecule has 2 amide bonds. The Balaban J connectivity index is 2.23. The molecule has 1 fully saturated rings. The number of sulfonamides is 1. The number of amides is 2. The van der Waals surface area contributed by atoms with Gasteiger partial charge in [-0.1, -0.05) is 65.0 Å². The van der Waals surface area contributed by atoms with E-state index in [9.17, 15) is 23.1 Å². The number of hydrogen-bond donors (Lipinski definition) is 3. The Hall–Kier alpha value is -2.01. The third-order valence-electron chi connectivity index (χ3n) is 6.52. The molecule has 1 saturated heterocycles. The molecule has 210 valence electrons. The molecule has 0 aliphatic carbocycles. The Bertz CT molecular complexity index is 972. The van der Waals surface area contributed by atoms with Crippen LogP contribution in [0.1, 0.15) is 53.0 Å². The maximum absolute atomic E-state index is 13.5. The largest absolute Gasteiger partial charge is 0.390 e. The van der Waals surface area contributed by atoms with Crippen molar-refractivity contribution in [3.63, 3.8) is 0 Å². The quantitative estimate of drug-likeness (QED) is 0.351. The minimum atomic E-state index is -3.56. The molecule has 1 aliphatic rings. The van der Waals surface area contributed by atoms with Crippen LogP contribution >= 0.6 is 0 Å². The normalized spacial score (nSPS) is 17.5. The lowest BCUT2D eigenvalue weighted by atomic mass is 9.85. The minimum Gasteiger partial charge on any atom is -0.390 e. The molecule has 0 saturated carbocycles. The number of aliphatic hydroxyl groups is 1. The van der Waals surface area contributed by atoms with Crippen LogP contribution in [-0.4, -0.2) is 91.7 Å². The van der Waals surface area contributed by atoms with E-state index in [0.29, 0.717) is 6.42 Å². The molecule has 3 N–H and O–H groups in total. The van der Waals surface area contributed by atoms with Crippen LogP contribution in [0.2, 0.25) is 0 Å². The van der Waals surface area contributed by atoms with E-state index in [1.807, 2.05) is 65.0 Å². The van der Waals surface area contributed by atoms with E-state index in [-0.39, 0.29) is 31.5 Å². The van der Waals surface area contributed by atoms with Crippen molar-refractivity contribution in [1.82, 2.24) is 19.8 Å². The number of aliphatic hydroxyl groups excluding tert-OH is 1. The Morgan fingerprint density at radius 3 is 2.16 bits per heavy atom. The molecule has 3 atom stereocenters. The average Bonchev–Trinajstić information content (AvgIpc) is 3.28. The molecule has 1 aromatic rings. The molecule has 1 aliphatic heterocycles. The number of benzene rings is 1. The number of nitrogens with one attached hydrogen (secondary N) is 2. The molecule has 0 spiro atoms. The topological polar surface area (TPSA) is 119 Å². The number of carbonyl (C=O) groups is 2. The number of rotatable bonds is 13. The van der Waals surface area contributed by atoms with E-state index in [2.05, 4.69) is 15.5 Å². The van der Waals surface area contributed by atoms with Crippen molar-refractivity contribution in [2.24, 2.45) is 11.3 Å². The fraction of sp³-hybridized carbons (Fsp3) is 0.704. The lowest BCUT2D eigenvalue weighted by Gasteiger charge is -2.34. The van der Waals surface area contributed by atoms with Crippen LogP contribution < -0.4 is 10.6 Å². The first kappa shape index (κ1) is 31.2. The van der Waals surface area contributed by atoms with Crippen molar-refractivity contribution >= 4 is 21.8 Å². The highest BCUT2D eigenvalue weighted by atomic mass is 32.2. The zero-order valence-electron chi connectivity index (χ0n) is 23.2. The van der Waals surface area contributed by atoms with Gasteiger partial charge < -0.3 is 15.7 Å². The molecule has 0 aromatic heterocycles. The third-order valence-corrected chi connectivity index (χ3v) is 7.75. The fourth-order valence-corrected chi connectivity index (χ4v) is 5.52. The summed E-state index contributed by atoms with van der Waals surface area (Å²) in [5.41, 5.74) is 0.315. The van der Waals surface area contributed by atoms with Gasteiger partial charge in [-0.2, -0.15) is 4.31 Å². The summed E-state index contributed by atoms with van der Waals surface area (Å²) in [6.07, 6.45) is 2.41. The van der Waals surface area contributed by atoms with Gasteiger partial charge in [-0.15, -0.1) is 0 Å². The van der Waals surface area contributed by atoms with Gasteiger partial charge in [-0.25, -0.2) is 8.42 Å². The van der Waals surface area contributed by atoms with Gasteiger partial charge in [0.15, 0.2) is 0 Å². The molecule has 0 unspecified atom stereocenters. The maximum Gasteiger partial charge on any atom is 0.243 e. The van der Waals surface area contributed by atoms with E-state index >= 15 is 0 Å². The molecule has 9 nitrogen and oxygen atoms in total. The van der Waals surface area contributed by atoms with Crippen molar-refractivity contribution in [1.29, 1.82) is 0 Å². The van der Waals surface area contributed by atoms with Gasteiger partial charge >= 0.3 is 0 Å². The van der Waals surface area contributed by atoms with Crippen LogP contribution in [0.3, 0.4) is 0 Å². The SMILES string of the molecule is CC(C)CN(C[C@@H](O)[C@H](Cc1ccccc1)NC(=O)[C@@H](NC(=O)CN1CCCC1)C(C)(C)C)S(C)(=O)=O. The summed E-state index contributed by atoms with van der Waals surface area (Å²) in [5.74, 6) is -0.547. The van der Waals surface area contributed by atoms with E-state index in [1.165, 1.54) is 4.31 Å². The van der Waals surface area contributed by atoms with Gasteiger partial charge in [0, 0.05) is 13.1 Å². The van der Waals surface area contributed by atoms with Crippen LogP contribution in [0.5, 0.6) is 0 Å². The molecule has 10 heteroatoms. The number of carbonyl (C=O) groups excluding carboxylic acids is 2. The van der Waals surface area contributed by atoms with Crippen molar-refractivity contribution in [3.05, 3.63) is 35.9 Å². The highest BCUT2D eigenvalue weighted by molar-refractivity contribution is 7.88. The van der Waals surface area contributed by atoms with E-state index in [0.717, 1.165) is 37.8 Å². The van der Waals surface area contributed by atoms with Crippen LogP contribution in [0.15, 0.2) is 30.3 Å². The Labute approximate surface area is 223 Å². The molecule has 37 heavy (non-hydrogen) atoms. The van der Waals surface area contributed by atoms with E-state index in [4.69, 9.17) is 0 Å². The minimum absolute atomic E-state index is 0.0696. The van der Waals surface area contributed by atoms with Crippen molar-refractivity contribution in [3.8, 4) is 0 Å². The van der Waals surface area contributed by atoms with Gasteiger partial charge in [0.05, 0.1) is 24.9 Å². The predicted octanol–water partition coefficient (Wildman–Crippen LogP) is 1.62. The summed E-state index contributed by atoms with van der Waals surface area (Å²) in [6.45, 7) is 11.6. The van der Waals surface area contributed by atoms with Gasteiger partial charge in [0.1, 0.15) is 6.04 Å². The molecule has 1 aromatic carbocycles. The first-order chi connectivity index (χ1) is 17.2. The lowest BCUT2D eigenvalue weighted by molar-refractivity contribution is -0.133. The second-order valence-corrected chi connectivity index (χ2v) is 13.7. The highest BCUT2D eigenvalue weighted by Gasteiger charge is 2.36. The zero-order chi connectivity index (χ0) is 27.8. The zero-order valence-corrected chi connectivity index (χ0v) is 24.1. The number of likely N-dealkylation sites (tertiary alicyclic amines) is 1. The molecule has 2 rings (SSSR count). The standard InChI is InChI=1S/C27H46N4O5S/c1-20(2)17-31(37(6,35)36)18-23(32)22(16-21-12-8-7-9-13-21)28-26(34)25(27(3,4)5)29-24(33)19-30-14-10-11-15-30/h7-9,12-13,20,22-23,25,32H,10-11,14-19H2,1-6H3,(H,28,34)(H,29,33)/t22-,23+,25+/m0/s1. The molecular weight excluding hydrogens is 492 g/mol. The Kier molecular flexibility index (Phi) is 11.5. The number of nitrogens with zero attached hydrogens (tertiary/aromatic N) is 2. The number of hydrogen-bond acceptors (Lipinski definition) is 6. The molecule has 0 bridgehead atoms. The summed E-state index contributed by atoms with van der Waals surface area (Å²) in [7, 11) is -3.56. The predicted molar refractivity (Wildman–Crippen MR) is 146 cm³/mol. The van der Waals surface area contributed by atoms with Crippen LogP contribution in [-0.2, 0) is 26.0 Å². The first-order valence-electron chi connectivity index (χ1n) is 13.2. The summed E-state index contributed by atoms with van der Waals surface area (Å²) < 4.78 is 26.0. The summed E-state index contributed by atoms with van der Waals surface area (Å²) in [5, 5.41) is 17.1. The van der Waals surface area contributed by atoms with Crippen molar-refractivity contribution < 1.29 is 23.1 Å². The van der Waals surface area contributed by atoms with Crippen molar-refractivity contribution in [2.75, 3.05) is 39.0 Å². The van der Waals surface area contributed by atoms with Crippen LogP contribution in [0.25, 0.3) is 0 Å². The smallest absolute Gasteiger partial charge is 0.243 e. The Morgan fingerprint density at radius 1 is 1.05 bits per heavy atom. The van der Waals surface area contributed by atoms with Gasteiger partial charge in [-0.05, 0) is 49.2 Å². The van der Waals surface area contributed by atoms with E-state index in [1.54, 1.807) is 0 Å². The van der Waals surface area contributed by atoms with Crippen LogP contribution in [0, 0.1) is 11.3 Å². The van der Waals surface area contributed by atoms with E-state index < -0.39 is 39.5 Å². The molecule has 1 heterocycles. The first-order valence-corrected chi connectivity index (χ1v) is 15.0. The summed E-state index contributed by atoms with van der Waals surface area (Å²) in [6, 6.07) is 7.84. The monoisotopic (exact) mass is 538 g/mol. The third kappa shape index (κ3) is 10.7. The van der Waals surface area contributed by atoms with Crippen LogP contribution in [0.4, 0.5) is 0 Å². The second kappa shape index (κ2) is 13.7. The maximum atomic E-state index is 13.5. The van der Waals surface area contributed by atoms with Crippen molar-refractivity contribution in [2.45, 2.75) is 72.1 Å². The highest BCUT2D eigenvalue weighted by Crippen LogP contribution is 2.21. The second-order valence-electron chi connectivity index (χ2n) is 11.7. The molecular formula is C27H46N4O5S. The summed E-state index contributed by atoms with van der Waals surface area (Å²) in [4.78, 5) is 28.4. The fourth-order valence-electron chi connectivity index (χ4n) is 4.53. The summed E-state index contributed by atoms with van der Waals surface area (Å²) >= 11 is 0. The Morgan fingerprint density at radius 2 is 1.65 bits per heavy atom. The lowest BCUT2D eigenvalue weighted by Crippen LogP contribution is -2.59. The van der Waals surface area contributed by atoms with Gasteiger partial charge in [0.25, 0.3) is 0 Å².